The number of hydrogen-bond acceptors (Lipinski definition) is 8. The molecule has 0 aromatic carbocycles. The van der Waals surface area contributed by atoms with E-state index < -0.39 is 54.5 Å². The normalized spacial score (nSPS) is 15.5. The van der Waals surface area contributed by atoms with Gasteiger partial charge in [0.15, 0.2) is 0 Å². The van der Waals surface area contributed by atoms with Crippen LogP contribution in [0.4, 0.5) is 0 Å². The van der Waals surface area contributed by atoms with E-state index in [9.17, 15) is 29.4 Å². The zero-order valence-corrected chi connectivity index (χ0v) is 19.9. The van der Waals surface area contributed by atoms with E-state index >= 15 is 0 Å². The van der Waals surface area contributed by atoms with Crippen molar-refractivity contribution >= 4 is 35.5 Å². The first-order chi connectivity index (χ1) is 15.6. The molecule has 0 fully saturated rings. The quantitative estimate of drug-likeness (QED) is 0.156. The molecule has 0 aliphatic rings. The number of nitrogens with zero attached hydrogens (tertiary/aromatic N) is 1. The van der Waals surface area contributed by atoms with E-state index in [1.807, 2.05) is 13.2 Å². The van der Waals surface area contributed by atoms with Crippen molar-refractivity contribution in [1.82, 2.24) is 25.9 Å². The Hall–Kier alpha value is -2.64. The fourth-order valence-corrected chi connectivity index (χ4v) is 3.31. The van der Waals surface area contributed by atoms with Crippen LogP contribution in [0.15, 0.2) is 12.5 Å². The van der Waals surface area contributed by atoms with E-state index in [-0.39, 0.29) is 18.8 Å². The zero-order valence-electron chi connectivity index (χ0n) is 19.0. The average Bonchev–Trinajstić information content (AvgIpc) is 3.31. The first-order valence-electron chi connectivity index (χ1n) is 10.6. The van der Waals surface area contributed by atoms with Gasteiger partial charge in [-0.05, 0) is 24.3 Å². The molecule has 0 radical (unpaired) electrons. The van der Waals surface area contributed by atoms with Gasteiger partial charge in [-0.15, -0.1) is 0 Å². The summed E-state index contributed by atoms with van der Waals surface area (Å²) in [7, 11) is 0. The number of H-pyrrole nitrogens is 1. The number of thioether (sulfide) groups is 1. The predicted octanol–water partition coefficient (Wildman–Crippen LogP) is -1.39. The van der Waals surface area contributed by atoms with Crippen LogP contribution in [-0.4, -0.2) is 86.7 Å². The van der Waals surface area contributed by atoms with Crippen molar-refractivity contribution in [3.63, 3.8) is 0 Å². The molecule has 3 amide bonds. The van der Waals surface area contributed by atoms with E-state index in [0.717, 1.165) is 0 Å². The fourth-order valence-electron chi connectivity index (χ4n) is 2.84. The number of carboxylic acid groups (broad SMARTS) is 1. The van der Waals surface area contributed by atoms with Crippen LogP contribution in [0.5, 0.6) is 0 Å². The lowest BCUT2D eigenvalue weighted by Gasteiger charge is -2.25. The van der Waals surface area contributed by atoms with Crippen LogP contribution >= 0.6 is 11.8 Å². The molecule has 0 aliphatic heterocycles. The minimum absolute atomic E-state index is 0.0207. The number of aliphatic hydroxyl groups excluding tert-OH is 1. The van der Waals surface area contributed by atoms with Gasteiger partial charge in [-0.25, -0.2) is 9.78 Å². The molecule has 0 saturated heterocycles. The number of carbonyl (C=O) groups excluding carboxylic acids is 3. The van der Waals surface area contributed by atoms with Crippen LogP contribution < -0.4 is 21.7 Å². The van der Waals surface area contributed by atoms with Gasteiger partial charge in [0.25, 0.3) is 0 Å². The third kappa shape index (κ3) is 9.40. The molecule has 5 unspecified atom stereocenters. The van der Waals surface area contributed by atoms with Gasteiger partial charge in [-0.1, -0.05) is 20.3 Å². The molecule has 1 heterocycles. The van der Waals surface area contributed by atoms with Gasteiger partial charge < -0.3 is 36.9 Å². The highest BCUT2D eigenvalue weighted by atomic mass is 32.2. The first-order valence-corrected chi connectivity index (χ1v) is 12.0. The van der Waals surface area contributed by atoms with Crippen LogP contribution in [0, 0.1) is 5.92 Å². The van der Waals surface area contributed by atoms with Gasteiger partial charge >= 0.3 is 5.97 Å². The second kappa shape index (κ2) is 14.5. The highest BCUT2D eigenvalue weighted by molar-refractivity contribution is 7.98. The van der Waals surface area contributed by atoms with Crippen molar-refractivity contribution in [3.8, 4) is 0 Å². The van der Waals surface area contributed by atoms with Crippen LogP contribution in [0.3, 0.4) is 0 Å². The Balaban J connectivity index is 2.85. The second-order valence-corrected chi connectivity index (χ2v) is 8.66. The molecule has 8 N–H and O–H groups in total. The Morgan fingerprint density at radius 1 is 1.12 bits per heavy atom. The molecule has 5 atom stereocenters. The Kier molecular flexibility index (Phi) is 12.5. The number of hydrogen-bond donors (Lipinski definition) is 7. The number of aromatic nitrogens is 2. The Bertz CT molecular complexity index is 777. The molecule has 33 heavy (non-hydrogen) atoms. The SMILES string of the molecule is CCC(C)C(N)C(=O)NC(CO)C(=O)NC(CCSC)C(=O)NC(Cc1cnc[nH]1)C(=O)O. The molecule has 0 aliphatic carbocycles. The van der Waals surface area contributed by atoms with Crippen molar-refractivity contribution in [1.29, 1.82) is 0 Å². The lowest BCUT2D eigenvalue weighted by molar-refractivity contribution is -0.142. The summed E-state index contributed by atoms with van der Waals surface area (Å²) in [6.45, 7) is 2.97. The standard InChI is InChI=1S/C20H34N6O6S/c1-4-11(2)16(21)19(30)26-15(9-27)18(29)24-13(5-6-33-3)17(28)25-14(20(31)32)7-12-8-22-10-23-12/h8,10-11,13-16,27H,4-7,9,21H2,1-3H3,(H,22,23)(H,24,29)(H,25,28)(H,26,30)(H,31,32). The third-order valence-electron chi connectivity index (χ3n) is 5.21. The average molecular weight is 487 g/mol. The summed E-state index contributed by atoms with van der Waals surface area (Å²) in [6.07, 6.45) is 5.52. The summed E-state index contributed by atoms with van der Waals surface area (Å²) in [5, 5.41) is 26.4. The maximum atomic E-state index is 12.8. The number of nitrogens with two attached hydrogens (primary N) is 1. The summed E-state index contributed by atoms with van der Waals surface area (Å²) in [4.78, 5) is 56.0. The molecular weight excluding hydrogens is 452 g/mol. The van der Waals surface area contributed by atoms with Crippen molar-refractivity contribution < 1.29 is 29.4 Å². The van der Waals surface area contributed by atoms with Crippen molar-refractivity contribution in [2.75, 3.05) is 18.6 Å². The number of amides is 3. The number of aliphatic hydroxyl groups is 1. The molecule has 0 spiro atoms. The number of rotatable bonds is 15. The molecule has 1 aromatic rings. The van der Waals surface area contributed by atoms with Crippen molar-refractivity contribution in [2.24, 2.45) is 11.7 Å². The minimum atomic E-state index is -1.31. The largest absolute Gasteiger partial charge is 0.480 e. The summed E-state index contributed by atoms with van der Waals surface area (Å²) >= 11 is 1.44. The molecule has 0 saturated carbocycles. The molecule has 0 bridgehead atoms. The minimum Gasteiger partial charge on any atom is -0.480 e. The van der Waals surface area contributed by atoms with Crippen LogP contribution in [0.2, 0.25) is 0 Å². The number of carbonyl (C=O) groups is 4. The van der Waals surface area contributed by atoms with E-state index in [2.05, 4.69) is 25.9 Å². The maximum absolute atomic E-state index is 12.8. The number of aromatic amines is 1. The van der Waals surface area contributed by atoms with E-state index in [0.29, 0.717) is 17.9 Å². The number of nitrogens with one attached hydrogen (secondary N) is 4. The Morgan fingerprint density at radius 2 is 1.73 bits per heavy atom. The van der Waals surface area contributed by atoms with E-state index in [1.54, 1.807) is 6.92 Å². The number of carboxylic acids is 1. The molecule has 186 valence electrons. The van der Waals surface area contributed by atoms with Crippen molar-refractivity contribution in [2.45, 2.75) is 57.3 Å². The topological polar surface area (TPSA) is 200 Å². The van der Waals surface area contributed by atoms with Crippen LogP contribution in [-0.2, 0) is 25.6 Å². The van der Waals surface area contributed by atoms with Gasteiger partial charge in [0.2, 0.25) is 17.7 Å². The molecule has 1 rings (SSSR count). The van der Waals surface area contributed by atoms with Gasteiger partial charge in [-0.3, -0.25) is 14.4 Å². The van der Waals surface area contributed by atoms with Gasteiger partial charge in [0, 0.05) is 18.3 Å². The highest BCUT2D eigenvalue weighted by Crippen LogP contribution is 2.07. The number of aliphatic carboxylic acids is 1. The van der Waals surface area contributed by atoms with Gasteiger partial charge in [0.05, 0.1) is 19.0 Å². The summed E-state index contributed by atoms with van der Waals surface area (Å²) in [6, 6.07) is -4.47. The van der Waals surface area contributed by atoms with Crippen LogP contribution in [0.1, 0.15) is 32.4 Å². The van der Waals surface area contributed by atoms with E-state index in [4.69, 9.17) is 5.73 Å². The summed E-state index contributed by atoms with van der Waals surface area (Å²) in [5.41, 5.74) is 6.39. The molecular formula is C20H34N6O6S. The molecule has 13 heteroatoms. The van der Waals surface area contributed by atoms with E-state index in [1.165, 1.54) is 24.3 Å². The highest BCUT2D eigenvalue weighted by Gasteiger charge is 2.30. The van der Waals surface area contributed by atoms with Crippen molar-refractivity contribution in [3.05, 3.63) is 18.2 Å². The Labute approximate surface area is 196 Å². The van der Waals surface area contributed by atoms with Gasteiger partial charge in [0.1, 0.15) is 18.1 Å². The summed E-state index contributed by atoms with van der Waals surface area (Å²) in [5.74, 6) is -2.92. The molecule has 12 nitrogen and oxygen atoms in total. The maximum Gasteiger partial charge on any atom is 0.326 e. The third-order valence-corrected chi connectivity index (χ3v) is 5.86. The van der Waals surface area contributed by atoms with Crippen LogP contribution in [0.25, 0.3) is 0 Å². The first kappa shape index (κ1) is 28.4. The summed E-state index contributed by atoms with van der Waals surface area (Å²) < 4.78 is 0. The zero-order chi connectivity index (χ0) is 25.0. The molecule has 1 aromatic heterocycles. The fraction of sp³-hybridized carbons (Fsp3) is 0.650. The lowest BCUT2D eigenvalue weighted by Crippen LogP contribution is -2.58. The van der Waals surface area contributed by atoms with Gasteiger partial charge in [-0.2, -0.15) is 11.8 Å². The lowest BCUT2D eigenvalue weighted by atomic mass is 9.99. The monoisotopic (exact) mass is 486 g/mol. The Morgan fingerprint density at radius 3 is 2.24 bits per heavy atom. The second-order valence-electron chi connectivity index (χ2n) is 7.68. The predicted molar refractivity (Wildman–Crippen MR) is 123 cm³/mol. The number of imidazole rings is 1. The smallest absolute Gasteiger partial charge is 0.326 e.